The Morgan fingerprint density at radius 1 is 1.44 bits per heavy atom. The van der Waals surface area contributed by atoms with Gasteiger partial charge in [-0.05, 0) is 24.1 Å². The van der Waals surface area contributed by atoms with Crippen LogP contribution in [0.1, 0.15) is 18.9 Å². The van der Waals surface area contributed by atoms with Crippen LogP contribution in [0.2, 0.25) is 0 Å². The lowest BCUT2D eigenvalue weighted by atomic mass is 10.1. The van der Waals surface area contributed by atoms with Gasteiger partial charge in [0.2, 0.25) is 0 Å². The monoisotopic (exact) mass is 225 g/mol. The van der Waals surface area contributed by atoms with Gasteiger partial charge in [-0.2, -0.15) is 0 Å². The predicted molar refractivity (Wildman–Crippen MR) is 62.7 cm³/mol. The molecule has 0 saturated heterocycles. The van der Waals surface area contributed by atoms with Gasteiger partial charge in [-0.1, -0.05) is 13.0 Å². The van der Waals surface area contributed by atoms with Gasteiger partial charge in [0, 0.05) is 12.6 Å². The number of aromatic hydroxyl groups is 1. The molecule has 0 aliphatic carbocycles. The molecule has 0 saturated carbocycles. The minimum Gasteiger partial charge on any atom is -0.504 e. The molecule has 4 heteroatoms. The third kappa shape index (κ3) is 3.40. The van der Waals surface area contributed by atoms with Gasteiger partial charge in [-0.25, -0.2) is 0 Å². The van der Waals surface area contributed by atoms with Crippen LogP contribution in [0.3, 0.4) is 0 Å². The van der Waals surface area contributed by atoms with E-state index in [9.17, 15) is 5.11 Å². The number of rotatable bonds is 6. The average molecular weight is 225 g/mol. The maximum absolute atomic E-state index is 9.57. The molecule has 0 fully saturated rings. The highest BCUT2D eigenvalue weighted by Gasteiger charge is 2.05. The lowest BCUT2D eigenvalue weighted by molar-refractivity contribution is 0.238. The summed E-state index contributed by atoms with van der Waals surface area (Å²) in [5, 5.41) is 21.8. The van der Waals surface area contributed by atoms with Crippen LogP contribution in [0.4, 0.5) is 0 Å². The first-order chi connectivity index (χ1) is 7.71. The van der Waals surface area contributed by atoms with Crippen LogP contribution in [-0.4, -0.2) is 30.0 Å². The third-order valence-corrected chi connectivity index (χ3v) is 2.55. The number of ether oxygens (including phenoxy) is 1. The largest absolute Gasteiger partial charge is 0.504 e. The zero-order valence-electron chi connectivity index (χ0n) is 9.73. The smallest absolute Gasteiger partial charge is 0.160 e. The predicted octanol–water partition coefficient (Wildman–Crippen LogP) is 1.26. The first kappa shape index (κ1) is 12.8. The van der Waals surface area contributed by atoms with E-state index in [1.807, 2.05) is 13.0 Å². The highest BCUT2D eigenvalue weighted by atomic mass is 16.5. The molecule has 0 aliphatic heterocycles. The van der Waals surface area contributed by atoms with Gasteiger partial charge in [0.25, 0.3) is 0 Å². The summed E-state index contributed by atoms with van der Waals surface area (Å²) in [4.78, 5) is 0. The van der Waals surface area contributed by atoms with Gasteiger partial charge in [-0.3, -0.25) is 0 Å². The molecule has 0 aromatic heterocycles. The second-order valence-electron chi connectivity index (χ2n) is 3.67. The molecule has 90 valence electrons. The molecule has 16 heavy (non-hydrogen) atoms. The Morgan fingerprint density at radius 2 is 2.19 bits per heavy atom. The van der Waals surface area contributed by atoms with Crippen LogP contribution in [0.5, 0.6) is 11.5 Å². The van der Waals surface area contributed by atoms with Crippen molar-refractivity contribution in [3.05, 3.63) is 23.8 Å². The molecule has 1 atom stereocenters. The summed E-state index contributed by atoms with van der Waals surface area (Å²) in [6, 6.07) is 5.38. The van der Waals surface area contributed by atoms with Crippen LogP contribution in [0.15, 0.2) is 18.2 Å². The van der Waals surface area contributed by atoms with Crippen LogP contribution in [0, 0.1) is 0 Å². The number of hydrogen-bond acceptors (Lipinski definition) is 4. The maximum Gasteiger partial charge on any atom is 0.160 e. The lowest BCUT2D eigenvalue weighted by Gasteiger charge is -2.14. The molecule has 1 aromatic carbocycles. The second kappa shape index (κ2) is 6.35. The van der Waals surface area contributed by atoms with Gasteiger partial charge in [-0.15, -0.1) is 0 Å². The lowest BCUT2D eigenvalue weighted by Crippen LogP contribution is -2.31. The average Bonchev–Trinajstić information content (AvgIpc) is 2.30. The van der Waals surface area contributed by atoms with Crippen molar-refractivity contribution in [3.8, 4) is 11.5 Å². The molecule has 0 bridgehead atoms. The molecule has 0 heterocycles. The number of phenols is 1. The van der Waals surface area contributed by atoms with Crippen molar-refractivity contribution in [2.75, 3.05) is 13.7 Å². The summed E-state index contributed by atoms with van der Waals surface area (Å²) in [6.45, 7) is 2.76. The normalized spacial score (nSPS) is 12.4. The maximum atomic E-state index is 9.57. The molecule has 3 N–H and O–H groups in total. The molecular formula is C12H19NO3. The van der Waals surface area contributed by atoms with Crippen molar-refractivity contribution >= 4 is 0 Å². The Balaban J connectivity index is 2.58. The molecule has 1 rings (SSSR count). The summed E-state index contributed by atoms with van der Waals surface area (Å²) in [6.07, 6.45) is 0.874. The number of benzene rings is 1. The quantitative estimate of drug-likeness (QED) is 0.682. The second-order valence-corrected chi connectivity index (χ2v) is 3.67. The number of hydrogen-bond donors (Lipinski definition) is 3. The summed E-state index contributed by atoms with van der Waals surface area (Å²) >= 11 is 0. The zero-order valence-corrected chi connectivity index (χ0v) is 9.73. The van der Waals surface area contributed by atoms with Crippen LogP contribution in [-0.2, 0) is 6.54 Å². The summed E-state index contributed by atoms with van der Waals surface area (Å²) in [5.74, 6) is 0.608. The Hall–Kier alpha value is -1.26. The third-order valence-electron chi connectivity index (χ3n) is 2.55. The fraction of sp³-hybridized carbons (Fsp3) is 0.500. The van der Waals surface area contributed by atoms with Crippen LogP contribution < -0.4 is 10.1 Å². The molecule has 1 aromatic rings. The Bertz CT molecular complexity index is 324. The number of nitrogens with one attached hydrogen (secondary N) is 1. The summed E-state index contributed by atoms with van der Waals surface area (Å²) in [7, 11) is 1.52. The van der Waals surface area contributed by atoms with Gasteiger partial charge < -0.3 is 20.3 Å². The summed E-state index contributed by atoms with van der Waals surface area (Å²) in [5.41, 5.74) is 0.963. The van der Waals surface area contributed by atoms with Crippen molar-refractivity contribution in [3.63, 3.8) is 0 Å². The van der Waals surface area contributed by atoms with Crippen molar-refractivity contribution in [1.82, 2.24) is 5.32 Å². The van der Waals surface area contributed by atoms with E-state index in [1.54, 1.807) is 12.1 Å². The highest BCUT2D eigenvalue weighted by Crippen LogP contribution is 2.26. The van der Waals surface area contributed by atoms with Gasteiger partial charge >= 0.3 is 0 Å². The SMILES string of the molecule is CC[C@@H](CO)NCc1ccc(OC)c(O)c1. The molecule has 0 amide bonds. The molecular weight excluding hydrogens is 206 g/mol. The van der Waals surface area contributed by atoms with Gasteiger partial charge in [0.05, 0.1) is 13.7 Å². The first-order valence-corrected chi connectivity index (χ1v) is 5.41. The molecule has 4 nitrogen and oxygen atoms in total. The van der Waals surface area contributed by atoms with E-state index in [0.717, 1.165) is 12.0 Å². The van der Waals surface area contributed by atoms with Crippen molar-refractivity contribution in [2.24, 2.45) is 0 Å². The Labute approximate surface area is 95.9 Å². The van der Waals surface area contributed by atoms with Crippen LogP contribution in [0.25, 0.3) is 0 Å². The highest BCUT2D eigenvalue weighted by molar-refractivity contribution is 5.41. The van der Waals surface area contributed by atoms with Crippen molar-refractivity contribution in [2.45, 2.75) is 25.9 Å². The number of aliphatic hydroxyl groups is 1. The molecule has 0 radical (unpaired) electrons. The Kier molecular flexibility index (Phi) is 5.08. The van der Waals surface area contributed by atoms with E-state index in [2.05, 4.69) is 5.32 Å². The van der Waals surface area contributed by atoms with Crippen molar-refractivity contribution < 1.29 is 14.9 Å². The van der Waals surface area contributed by atoms with E-state index in [0.29, 0.717) is 12.3 Å². The minimum absolute atomic E-state index is 0.101. The first-order valence-electron chi connectivity index (χ1n) is 5.41. The van der Waals surface area contributed by atoms with E-state index >= 15 is 0 Å². The summed E-state index contributed by atoms with van der Waals surface area (Å²) < 4.78 is 4.96. The van der Waals surface area contributed by atoms with E-state index < -0.39 is 0 Å². The number of aliphatic hydroxyl groups excluding tert-OH is 1. The molecule has 0 aliphatic rings. The van der Waals surface area contributed by atoms with Crippen LogP contribution >= 0.6 is 0 Å². The van der Waals surface area contributed by atoms with E-state index in [1.165, 1.54) is 7.11 Å². The zero-order chi connectivity index (χ0) is 12.0. The minimum atomic E-state index is 0.101. The standard InChI is InChI=1S/C12H19NO3/c1-3-10(8-14)13-7-9-4-5-12(16-2)11(15)6-9/h4-6,10,13-15H,3,7-8H2,1-2H3/t10-/m0/s1. The number of methoxy groups -OCH3 is 1. The fourth-order valence-corrected chi connectivity index (χ4v) is 1.45. The van der Waals surface area contributed by atoms with E-state index in [-0.39, 0.29) is 18.4 Å². The Morgan fingerprint density at radius 3 is 2.69 bits per heavy atom. The molecule has 0 spiro atoms. The molecule has 0 unspecified atom stereocenters. The fourth-order valence-electron chi connectivity index (χ4n) is 1.45. The van der Waals surface area contributed by atoms with Crippen molar-refractivity contribution in [1.29, 1.82) is 0 Å². The number of phenolic OH excluding ortho intramolecular Hbond substituents is 1. The topological polar surface area (TPSA) is 61.7 Å². The van der Waals surface area contributed by atoms with Gasteiger partial charge in [0.15, 0.2) is 11.5 Å². The van der Waals surface area contributed by atoms with Gasteiger partial charge in [0.1, 0.15) is 0 Å². The van der Waals surface area contributed by atoms with E-state index in [4.69, 9.17) is 9.84 Å².